The fraction of sp³-hybridized carbons (Fsp3) is 0.702. The van der Waals surface area contributed by atoms with Crippen LogP contribution >= 0.6 is 7.82 Å². The zero-order chi connectivity index (χ0) is 42.1. The molecule has 328 valence electrons. The van der Waals surface area contributed by atoms with Gasteiger partial charge in [0.25, 0.3) is 0 Å². The van der Waals surface area contributed by atoms with Crippen LogP contribution in [0.1, 0.15) is 181 Å². The molecule has 57 heavy (non-hydrogen) atoms. The summed E-state index contributed by atoms with van der Waals surface area (Å²) in [4.78, 5) is 42.9. The quantitative estimate of drug-likeness (QED) is 0.0182. The number of allylic oxidation sites excluding steroid dienone is 10. The lowest BCUT2D eigenvalue weighted by Crippen LogP contribution is -2.29. The first-order valence-electron chi connectivity index (χ1n) is 22.2. The largest absolute Gasteiger partial charge is 0.469 e. The minimum Gasteiger partial charge on any atom is -0.462 e. The van der Waals surface area contributed by atoms with Gasteiger partial charge in [-0.2, -0.15) is 0 Å². The predicted octanol–water partition coefficient (Wildman–Crippen LogP) is 12.7. The zero-order valence-corrected chi connectivity index (χ0v) is 36.9. The van der Waals surface area contributed by atoms with Crippen molar-refractivity contribution in [2.75, 3.05) is 13.2 Å². The molecule has 0 amide bonds. The number of esters is 2. The number of rotatable bonds is 39. The molecule has 3 N–H and O–H groups in total. The molecule has 0 aliphatic rings. The summed E-state index contributed by atoms with van der Waals surface area (Å²) in [5.74, 6) is -0.179. The number of carbonyl (C=O) groups excluding carboxylic acids is 2. The topological polar surface area (TPSA) is 140 Å². The van der Waals surface area contributed by atoms with E-state index in [4.69, 9.17) is 19.3 Å². The van der Waals surface area contributed by atoms with E-state index in [9.17, 15) is 19.3 Å². The summed E-state index contributed by atoms with van der Waals surface area (Å²) < 4.78 is 26.3. The molecule has 0 bridgehead atoms. The summed E-state index contributed by atoms with van der Waals surface area (Å²) in [6.45, 7) is 5.80. The fourth-order valence-corrected chi connectivity index (χ4v) is 6.32. The van der Waals surface area contributed by atoms with Crippen LogP contribution in [-0.2, 0) is 28.2 Å². The summed E-state index contributed by atoms with van der Waals surface area (Å²) in [5, 5.41) is 9.98. The van der Waals surface area contributed by atoms with Crippen LogP contribution in [0.3, 0.4) is 0 Å². The third-order valence-electron chi connectivity index (χ3n) is 9.26. The zero-order valence-electron chi connectivity index (χ0n) is 36.0. The molecule has 0 saturated heterocycles. The highest BCUT2D eigenvalue weighted by Crippen LogP contribution is 2.36. The Labute approximate surface area is 347 Å². The van der Waals surface area contributed by atoms with E-state index in [1.807, 2.05) is 48.6 Å². The molecule has 10 heteroatoms. The van der Waals surface area contributed by atoms with Crippen molar-refractivity contribution in [2.24, 2.45) is 5.92 Å². The smallest absolute Gasteiger partial charge is 0.462 e. The Morgan fingerprint density at radius 3 is 1.67 bits per heavy atom. The van der Waals surface area contributed by atoms with Crippen LogP contribution in [0.4, 0.5) is 0 Å². The summed E-state index contributed by atoms with van der Waals surface area (Å²) in [6, 6.07) is 0. The lowest BCUT2D eigenvalue weighted by Gasteiger charge is -2.18. The molecule has 9 nitrogen and oxygen atoms in total. The average molecular weight is 821 g/mol. The van der Waals surface area contributed by atoms with Gasteiger partial charge >= 0.3 is 19.8 Å². The van der Waals surface area contributed by atoms with E-state index < -0.39 is 38.6 Å². The number of hydrogen-bond donors (Lipinski definition) is 3. The van der Waals surface area contributed by atoms with E-state index in [0.29, 0.717) is 25.7 Å². The second kappa shape index (κ2) is 40.2. The van der Waals surface area contributed by atoms with Crippen LogP contribution < -0.4 is 0 Å². The molecule has 0 spiro atoms. The Bertz CT molecular complexity index is 1180. The maximum atomic E-state index is 12.4. The first-order chi connectivity index (χ1) is 27.5. The van der Waals surface area contributed by atoms with Crippen molar-refractivity contribution in [2.45, 2.75) is 193 Å². The number of aliphatic hydroxyl groups is 1. The van der Waals surface area contributed by atoms with Crippen LogP contribution in [0.15, 0.2) is 72.9 Å². The van der Waals surface area contributed by atoms with Gasteiger partial charge in [-0.25, -0.2) is 4.57 Å². The lowest BCUT2D eigenvalue weighted by molar-refractivity contribution is -0.161. The second-order valence-electron chi connectivity index (χ2n) is 15.3. The standard InChI is InChI=1S/C47H81O9P/c1-4-5-6-7-27-32-37-44(48)38-33-28-23-19-16-17-20-24-29-34-39-46(49)54-41-45(42-55-57(51,52)53)56-47(50)40-35-30-25-21-15-13-11-9-8-10-12-14-18-22-26-31-36-43(2)3/h5-6,16-17,23-24,27-29,32-33,38,43-45,48H,4,7-15,18-22,25-26,30-31,34-37,39-42H2,1-3H3,(H2,51,52,53)/b6-5-,17-16-,28-23-,29-24-,32-27-,38-33+/t44?,45-/m1/s1. The predicted molar refractivity (Wildman–Crippen MR) is 236 cm³/mol. The molecule has 1 unspecified atom stereocenters. The summed E-state index contributed by atoms with van der Waals surface area (Å²) in [6.07, 6.45) is 48.1. The van der Waals surface area contributed by atoms with Gasteiger partial charge in [0, 0.05) is 12.8 Å². The number of carbonyl (C=O) groups is 2. The second-order valence-corrected chi connectivity index (χ2v) is 16.6. The molecule has 0 aromatic rings. The van der Waals surface area contributed by atoms with E-state index in [0.717, 1.165) is 44.4 Å². The van der Waals surface area contributed by atoms with Crippen LogP contribution in [0.25, 0.3) is 0 Å². The SMILES string of the molecule is CC/C=C\C/C=C\CC(O)/C=C/C=C\C/C=C\C/C=C\CCC(=O)OC[C@H](COP(=O)(O)O)OC(=O)CCCCCCCCCCCCCCCCCCC(C)C. The van der Waals surface area contributed by atoms with E-state index in [2.05, 4.69) is 43.5 Å². The maximum absolute atomic E-state index is 12.4. The summed E-state index contributed by atoms with van der Waals surface area (Å²) >= 11 is 0. The van der Waals surface area contributed by atoms with E-state index >= 15 is 0 Å². The Kier molecular flexibility index (Phi) is 38.4. The molecule has 0 aliphatic carbocycles. The Balaban J connectivity index is 4.06. The number of phosphoric acid groups is 1. The Hall–Kier alpha value is -2.55. The molecule has 2 atom stereocenters. The van der Waals surface area contributed by atoms with Crippen LogP contribution in [0, 0.1) is 5.92 Å². The van der Waals surface area contributed by atoms with Crippen molar-refractivity contribution in [3.05, 3.63) is 72.9 Å². The third kappa shape index (κ3) is 44.4. The van der Waals surface area contributed by atoms with Gasteiger partial charge in [0.2, 0.25) is 0 Å². The van der Waals surface area contributed by atoms with Crippen molar-refractivity contribution >= 4 is 19.8 Å². The van der Waals surface area contributed by atoms with Gasteiger partial charge < -0.3 is 24.4 Å². The number of phosphoric ester groups is 1. The van der Waals surface area contributed by atoms with Gasteiger partial charge in [0.05, 0.1) is 12.7 Å². The normalized spacial score (nSPS) is 13.8. The van der Waals surface area contributed by atoms with Crippen LogP contribution in [-0.4, -0.2) is 52.3 Å². The van der Waals surface area contributed by atoms with E-state index in [1.54, 1.807) is 6.08 Å². The van der Waals surface area contributed by atoms with Gasteiger partial charge in [0.15, 0.2) is 6.10 Å². The first-order valence-corrected chi connectivity index (χ1v) is 23.7. The monoisotopic (exact) mass is 821 g/mol. The molecule has 0 rings (SSSR count). The molecule has 0 saturated carbocycles. The molecule has 0 aliphatic heterocycles. The number of unbranched alkanes of at least 4 members (excludes halogenated alkanes) is 15. The van der Waals surface area contributed by atoms with Gasteiger partial charge in [-0.1, -0.05) is 196 Å². The Morgan fingerprint density at radius 2 is 1.11 bits per heavy atom. The van der Waals surface area contributed by atoms with Gasteiger partial charge in [0.1, 0.15) is 6.61 Å². The van der Waals surface area contributed by atoms with Crippen molar-refractivity contribution in [3.8, 4) is 0 Å². The van der Waals surface area contributed by atoms with Crippen molar-refractivity contribution < 1.29 is 43.0 Å². The third-order valence-corrected chi connectivity index (χ3v) is 9.75. The summed E-state index contributed by atoms with van der Waals surface area (Å²) in [5.41, 5.74) is 0. The van der Waals surface area contributed by atoms with Gasteiger partial charge in [-0.05, 0) is 50.9 Å². The average Bonchev–Trinajstić information content (AvgIpc) is 3.16. The highest BCUT2D eigenvalue weighted by Gasteiger charge is 2.22. The lowest BCUT2D eigenvalue weighted by atomic mass is 10.0. The minimum atomic E-state index is -4.79. The number of hydrogen-bond acceptors (Lipinski definition) is 7. The number of ether oxygens (including phenoxy) is 2. The molecule has 0 aromatic carbocycles. The molecule has 0 heterocycles. The molecular formula is C47H81O9P. The van der Waals surface area contributed by atoms with E-state index in [1.165, 1.54) is 83.5 Å². The molecule has 0 radical (unpaired) electrons. The Morgan fingerprint density at radius 1 is 0.596 bits per heavy atom. The van der Waals surface area contributed by atoms with Gasteiger partial charge in [-0.15, -0.1) is 0 Å². The van der Waals surface area contributed by atoms with Gasteiger partial charge in [-0.3, -0.25) is 14.1 Å². The van der Waals surface area contributed by atoms with Crippen LogP contribution in [0.2, 0.25) is 0 Å². The summed E-state index contributed by atoms with van der Waals surface area (Å²) in [7, 11) is -4.79. The fourth-order valence-electron chi connectivity index (χ4n) is 5.96. The van der Waals surface area contributed by atoms with Crippen molar-refractivity contribution in [3.63, 3.8) is 0 Å². The highest BCUT2D eigenvalue weighted by molar-refractivity contribution is 7.46. The highest BCUT2D eigenvalue weighted by atomic mass is 31.2. The first kappa shape index (κ1) is 54.5. The molecule has 0 aromatic heterocycles. The van der Waals surface area contributed by atoms with Crippen molar-refractivity contribution in [1.29, 1.82) is 0 Å². The number of aliphatic hydroxyl groups excluding tert-OH is 1. The maximum Gasteiger partial charge on any atom is 0.469 e. The van der Waals surface area contributed by atoms with Crippen molar-refractivity contribution in [1.82, 2.24) is 0 Å². The minimum absolute atomic E-state index is 0.117. The van der Waals surface area contributed by atoms with E-state index in [-0.39, 0.29) is 19.4 Å². The van der Waals surface area contributed by atoms with Crippen LogP contribution in [0.5, 0.6) is 0 Å². The molecular weight excluding hydrogens is 739 g/mol. The molecule has 0 fully saturated rings.